The molecule has 0 unspecified atom stereocenters. The van der Waals surface area contributed by atoms with Crippen molar-refractivity contribution in [2.45, 2.75) is 0 Å². The number of fused-ring (bicyclic) bond motifs is 9. The molecule has 0 radical (unpaired) electrons. The normalized spacial score (nSPS) is 11.8. The Morgan fingerprint density at radius 3 is 1.71 bits per heavy atom. The summed E-state index contributed by atoms with van der Waals surface area (Å²) in [4.78, 5) is 10.7. The Kier molecular flexibility index (Phi) is 7.20. The second-order valence-corrected chi connectivity index (χ2v) is 15.0. The van der Waals surface area contributed by atoms with E-state index in [1.165, 1.54) is 60.1 Å². The zero-order valence-corrected chi connectivity index (χ0v) is 31.4. The number of benzene rings is 9. The van der Waals surface area contributed by atoms with Crippen molar-refractivity contribution < 1.29 is 0 Å². The molecule has 3 heterocycles. The van der Waals surface area contributed by atoms with E-state index in [4.69, 9.17) is 9.97 Å². The molecule has 12 rings (SSSR count). The first-order valence-electron chi connectivity index (χ1n) is 19.7. The molecule has 0 atom stereocenters. The summed E-state index contributed by atoms with van der Waals surface area (Å²) in [5.41, 5.74) is 13.3. The molecule has 0 bridgehead atoms. The zero-order valence-electron chi connectivity index (χ0n) is 31.4. The van der Waals surface area contributed by atoms with Crippen LogP contribution in [0.4, 0.5) is 0 Å². The van der Waals surface area contributed by atoms with Gasteiger partial charge >= 0.3 is 0 Å². The highest BCUT2D eigenvalue weighted by molar-refractivity contribution is 6.21. The van der Waals surface area contributed by atoms with Crippen LogP contribution in [-0.4, -0.2) is 19.1 Å². The molecule has 4 heteroatoms. The molecule has 4 nitrogen and oxygen atoms in total. The van der Waals surface area contributed by atoms with Crippen LogP contribution in [0.25, 0.3) is 110 Å². The largest absolute Gasteiger partial charge is 0.309 e. The summed E-state index contributed by atoms with van der Waals surface area (Å²) in [6.45, 7) is 0. The number of aromatic nitrogens is 4. The third-order valence-corrected chi connectivity index (χ3v) is 11.7. The highest BCUT2D eigenvalue weighted by atomic mass is 15.2. The molecule has 0 saturated heterocycles. The van der Waals surface area contributed by atoms with Gasteiger partial charge in [-0.2, -0.15) is 0 Å². The molecule has 0 spiro atoms. The van der Waals surface area contributed by atoms with Crippen molar-refractivity contribution in [2.75, 3.05) is 0 Å². The quantitative estimate of drug-likeness (QED) is 0.176. The van der Waals surface area contributed by atoms with E-state index in [0.717, 1.165) is 44.4 Å². The third-order valence-electron chi connectivity index (χ3n) is 11.7. The van der Waals surface area contributed by atoms with Gasteiger partial charge in [0.2, 0.25) is 5.95 Å². The predicted octanol–water partition coefficient (Wildman–Crippen LogP) is 14.0. The van der Waals surface area contributed by atoms with Gasteiger partial charge in [-0.3, -0.25) is 4.57 Å². The zero-order chi connectivity index (χ0) is 38.2. The number of hydrogen-bond donors (Lipinski definition) is 0. The lowest BCUT2D eigenvalue weighted by Crippen LogP contribution is -2.03. The van der Waals surface area contributed by atoms with Crippen molar-refractivity contribution in [1.82, 2.24) is 19.1 Å². The average molecular weight is 739 g/mol. The standard InChI is InChI=1S/C54H34N4/c1-2-13-35(14-3-1)38-16-12-17-39(33-38)36-25-29-41(30-26-36)57-48-23-10-7-19-43(48)46-34-40(28-31-50(46)57)53-44-20-6-9-22-47(44)55-54(56-53)58-49-24-11-8-21-45(49)52-42-18-5-4-15-37(42)27-32-51(52)58/h1-34H. The van der Waals surface area contributed by atoms with Gasteiger partial charge < -0.3 is 4.57 Å². The maximum Gasteiger partial charge on any atom is 0.235 e. The fourth-order valence-electron chi connectivity index (χ4n) is 9.05. The lowest BCUT2D eigenvalue weighted by molar-refractivity contribution is 1.01. The second-order valence-electron chi connectivity index (χ2n) is 15.0. The Balaban J connectivity index is 1.01. The molecule has 12 aromatic rings. The summed E-state index contributed by atoms with van der Waals surface area (Å²) in [5.74, 6) is 0.659. The highest BCUT2D eigenvalue weighted by Crippen LogP contribution is 2.39. The van der Waals surface area contributed by atoms with E-state index in [9.17, 15) is 0 Å². The molecule has 270 valence electrons. The lowest BCUT2D eigenvalue weighted by atomic mass is 9.99. The van der Waals surface area contributed by atoms with Crippen LogP contribution in [0.5, 0.6) is 0 Å². The minimum absolute atomic E-state index is 0.659. The predicted molar refractivity (Wildman–Crippen MR) is 242 cm³/mol. The number of nitrogens with zero attached hydrogens (tertiary/aromatic N) is 4. The Hall–Kier alpha value is -7.82. The van der Waals surface area contributed by atoms with E-state index in [1.54, 1.807) is 0 Å². The molecule has 9 aromatic carbocycles. The van der Waals surface area contributed by atoms with Crippen molar-refractivity contribution in [3.8, 4) is 45.1 Å². The Morgan fingerprint density at radius 1 is 0.310 bits per heavy atom. The number of hydrogen-bond acceptors (Lipinski definition) is 2. The molecule has 3 aromatic heterocycles. The summed E-state index contributed by atoms with van der Waals surface area (Å²) < 4.78 is 4.61. The van der Waals surface area contributed by atoms with Crippen molar-refractivity contribution >= 4 is 65.3 Å². The van der Waals surface area contributed by atoms with Gasteiger partial charge in [-0.1, -0.05) is 152 Å². The smallest absolute Gasteiger partial charge is 0.235 e. The molecule has 0 aliphatic rings. The van der Waals surface area contributed by atoms with Gasteiger partial charge in [-0.15, -0.1) is 0 Å². The van der Waals surface area contributed by atoms with Crippen LogP contribution >= 0.6 is 0 Å². The van der Waals surface area contributed by atoms with Crippen LogP contribution in [0.3, 0.4) is 0 Å². The Labute approximate surface area is 334 Å². The first-order valence-corrected chi connectivity index (χ1v) is 19.7. The lowest BCUT2D eigenvalue weighted by Gasteiger charge is -2.13. The van der Waals surface area contributed by atoms with Gasteiger partial charge in [-0.05, 0) is 87.6 Å². The molecular weight excluding hydrogens is 705 g/mol. The molecule has 0 fully saturated rings. The Bertz CT molecular complexity index is 3560. The summed E-state index contributed by atoms with van der Waals surface area (Å²) in [6.07, 6.45) is 0. The summed E-state index contributed by atoms with van der Waals surface area (Å²) in [5, 5.41) is 8.25. The maximum absolute atomic E-state index is 5.45. The van der Waals surface area contributed by atoms with Crippen LogP contribution in [0.1, 0.15) is 0 Å². The third kappa shape index (κ3) is 5.02. The van der Waals surface area contributed by atoms with E-state index in [0.29, 0.717) is 5.95 Å². The number of rotatable bonds is 5. The first kappa shape index (κ1) is 32.4. The van der Waals surface area contributed by atoms with E-state index < -0.39 is 0 Å². The monoisotopic (exact) mass is 738 g/mol. The highest BCUT2D eigenvalue weighted by Gasteiger charge is 2.20. The van der Waals surface area contributed by atoms with Crippen molar-refractivity contribution in [3.63, 3.8) is 0 Å². The van der Waals surface area contributed by atoms with Gasteiger partial charge in [0.25, 0.3) is 0 Å². The van der Waals surface area contributed by atoms with Gasteiger partial charge in [0.05, 0.1) is 33.3 Å². The first-order chi connectivity index (χ1) is 28.8. The summed E-state index contributed by atoms with van der Waals surface area (Å²) in [7, 11) is 0. The molecule has 0 saturated carbocycles. The van der Waals surface area contributed by atoms with Crippen LogP contribution in [0.15, 0.2) is 206 Å². The van der Waals surface area contributed by atoms with Crippen LogP contribution in [0, 0.1) is 0 Å². The fourth-order valence-corrected chi connectivity index (χ4v) is 9.05. The molecule has 0 aliphatic heterocycles. The number of para-hydroxylation sites is 3. The minimum Gasteiger partial charge on any atom is -0.309 e. The molecule has 0 amide bonds. The molecular formula is C54H34N4. The van der Waals surface area contributed by atoms with Crippen LogP contribution in [0.2, 0.25) is 0 Å². The van der Waals surface area contributed by atoms with Crippen molar-refractivity contribution in [2.24, 2.45) is 0 Å². The van der Waals surface area contributed by atoms with Crippen LogP contribution < -0.4 is 0 Å². The molecule has 58 heavy (non-hydrogen) atoms. The van der Waals surface area contributed by atoms with E-state index >= 15 is 0 Å². The van der Waals surface area contributed by atoms with Crippen LogP contribution in [-0.2, 0) is 0 Å². The summed E-state index contributed by atoms with van der Waals surface area (Å²) in [6, 6.07) is 73.8. The van der Waals surface area contributed by atoms with E-state index in [-0.39, 0.29) is 0 Å². The van der Waals surface area contributed by atoms with Gasteiger partial charge in [-0.25, -0.2) is 9.97 Å². The Morgan fingerprint density at radius 2 is 0.897 bits per heavy atom. The van der Waals surface area contributed by atoms with Crippen molar-refractivity contribution in [1.29, 1.82) is 0 Å². The maximum atomic E-state index is 5.45. The molecule has 0 N–H and O–H groups in total. The van der Waals surface area contributed by atoms with Crippen molar-refractivity contribution in [3.05, 3.63) is 206 Å². The second kappa shape index (κ2) is 12.9. The van der Waals surface area contributed by atoms with Gasteiger partial charge in [0.1, 0.15) is 0 Å². The molecule has 0 aliphatic carbocycles. The van der Waals surface area contributed by atoms with E-state index in [2.05, 4.69) is 215 Å². The summed E-state index contributed by atoms with van der Waals surface area (Å²) >= 11 is 0. The van der Waals surface area contributed by atoms with Gasteiger partial charge in [0, 0.05) is 38.2 Å². The fraction of sp³-hybridized carbons (Fsp3) is 0. The van der Waals surface area contributed by atoms with E-state index in [1.807, 2.05) is 0 Å². The minimum atomic E-state index is 0.659. The average Bonchev–Trinajstić information content (AvgIpc) is 3.82. The topological polar surface area (TPSA) is 35.6 Å². The SMILES string of the molecule is c1ccc(-c2cccc(-c3ccc(-n4c5ccccc5c5cc(-c6nc(-n7c8ccccc8c8c9ccccc9ccc87)nc7ccccc67)ccc54)cc3)c2)cc1. The van der Waals surface area contributed by atoms with Gasteiger partial charge in [0.15, 0.2) is 0 Å².